The van der Waals surface area contributed by atoms with Gasteiger partial charge in [0, 0.05) is 11.4 Å². The summed E-state index contributed by atoms with van der Waals surface area (Å²) in [6, 6.07) is 7.54. The van der Waals surface area contributed by atoms with E-state index >= 15 is 0 Å². The maximum Gasteiger partial charge on any atom is 0.147 e. The summed E-state index contributed by atoms with van der Waals surface area (Å²) in [5, 5.41) is 1.42. The highest BCUT2D eigenvalue weighted by Crippen LogP contribution is 2.24. The van der Waals surface area contributed by atoms with E-state index in [1.165, 1.54) is 0 Å². The van der Waals surface area contributed by atoms with Gasteiger partial charge in [-0.15, -0.1) is 0 Å². The van der Waals surface area contributed by atoms with Crippen LogP contribution in [0.4, 0.5) is 0 Å². The molecule has 6 heteroatoms. The van der Waals surface area contributed by atoms with Crippen molar-refractivity contribution in [2.24, 2.45) is 0 Å². The van der Waals surface area contributed by atoms with Crippen molar-refractivity contribution in [1.29, 1.82) is 0 Å². The summed E-state index contributed by atoms with van der Waals surface area (Å²) in [6.45, 7) is 0. The fraction of sp³-hybridized carbons (Fsp3) is 0.0909. The van der Waals surface area contributed by atoms with Crippen LogP contribution in [0.5, 0.6) is 0 Å². The molecule has 0 aliphatic heterocycles. The van der Waals surface area contributed by atoms with Gasteiger partial charge in [0.25, 0.3) is 0 Å². The van der Waals surface area contributed by atoms with Gasteiger partial charge in [-0.1, -0.05) is 53.0 Å². The van der Waals surface area contributed by atoms with Crippen molar-refractivity contribution < 1.29 is 0 Å². The lowest BCUT2D eigenvalue weighted by atomic mass is 10.1. The molecule has 0 atom stereocenters. The third-order valence-corrected chi connectivity index (χ3v) is 4.70. The molecule has 0 aliphatic rings. The first-order chi connectivity index (χ1) is 8.08. The van der Waals surface area contributed by atoms with Crippen LogP contribution < -0.4 is 0 Å². The summed E-state index contributed by atoms with van der Waals surface area (Å²) in [5.74, 6) is 0.563. The fourth-order valence-corrected chi connectivity index (χ4v) is 2.19. The molecule has 0 saturated heterocycles. The van der Waals surface area contributed by atoms with Gasteiger partial charge in [-0.25, -0.2) is 9.97 Å². The topological polar surface area (TPSA) is 25.8 Å². The third kappa shape index (κ3) is 3.22. The Morgan fingerprint density at radius 1 is 1.00 bits per heavy atom. The quantitative estimate of drug-likeness (QED) is 0.544. The number of nitrogens with zero attached hydrogens (tertiary/aromatic N) is 2. The van der Waals surface area contributed by atoms with Crippen LogP contribution in [0.25, 0.3) is 0 Å². The number of hydrogen-bond acceptors (Lipinski definition) is 2. The lowest BCUT2D eigenvalue weighted by Gasteiger charge is -2.05. The van der Waals surface area contributed by atoms with Crippen LogP contribution in [-0.2, 0) is 6.42 Å². The van der Waals surface area contributed by atoms with Crippen LogP contribution in [-0.4, -0.2) is 9.97 Å². The number of benzene rings is 1. The van der Waals surface area contributed by atoms with E-state index in [1.54, 1.807) is 0 Å². The molecule has 2 aromatic rings. The van der Waals surface area contributed by atoms with E-state index in [9.17, 15) is 0 Å². The summed E-state index contributed by atoms with van der Waals surface area (Å²) >= 11 is 20.0. The van der Waals surface area contributed by atoms with Gasteiger partial charge in [0.1, 0.15) is 16.1 Å². The number of halogens is 4. The molecule has 0 radical (unpaired) electrons. The average molecular weight is 399 g/mol. The summed E-state index contributed by atoms with van der Waals surface area (Å²) in [5.41, 5.74) is 0.947. The molecule has 88 valence electrons. The second-order valence-corrected chi connectivity index (χ2v) is 5.51. The van der Waals surface area contributed by atoms with E-state index in [0.717, 1.165) is 5.56 Å². The zero-order chi connectivity index (χ0) is 12.4. The molecule has 0 spiro atoms. The van der Waals surface area contributed by atoms with Gasteiger partial charge >= 0.3 is 0 Å². The van der Waals surface area contributed by atoms with E-state index in [-0.39, 0.29) is 0 Å². The minimum Gasteiger partial charge on any atom is -0.220 e. The van der Waals surface area contributed by atoms with E-state index in [2.05, 4.69) is 9.97 Å². The smallest absolute Gasteiger partial charge is 0.147 e. The SMILES string of the molecule is Clc1ccccc1Cc1nc(Cl)c(I)c(Cl)n1. The predicted octanol–water partition coefficient (Wildman–Crippen LogP) is 4.63. The normalized spacial score (nSPS) is 10.6. The van der Waals surface area contributed by atoms with Crippen LogP contribution in [0, 0.1) is 3.57 Å². The molecule has 0 N–H and O–H groups in total. The van der Waals surface area contributed by atoms with Gasteiger partial charge < -0.3 is 0 Å². The van der Waals surface area contributed by atoms with Crippen molar-refractivity contribution in [2.75, 3.05) is 0 Å². The molecule has 2 nitrogen and oxygen atoms in total. The molecule has 0 saturated carbocycles. The molecular weight excluding hydrogens is 393 g/mol. The lowest BCUT2D eigenvalue weighted by Crippen LogP contribution is -2.00. The second-order valence-electron chi connectivity index (χ2n) is 3.30. The Bertz CT molecular complexity index is 537. The van der Waals surface area contributed by atoms with Crippen LogP contribution in [0.1, 0.15) is 11.4 Å². The molecule has 0 unspecified atom stereocenters. The maximum atomic E-state index is 6.06. The molecule has 0 aliphatic carbocycles. The van der Waals surface area contributed by atoms with Crippen LogP contribution in [0.2, 0.25) is 15.3 Å². The standard InChI is InChI=1S/C11H6Cl3IN2/c12-7-4-2-1-3-6(7)5-8-16-10(13)9(15)11(14)17-8/h1-4H,5H2. The summed E-state index contributed by atoms with van der Waals surface area (Å²) < 4.78 is 0.661. The molecule has 1 aromatic carbocycles. The zero-order valence-electron chi connectivity index (χ0n) is 8.42. The molecule has 1 heterocycles. The Kier molecular flexibility index (Phi) is 4.47. The van der Waals surface area contributed by atoms with Gasteiger partial charge in [-0.2, -0.15) is 0 Å². The minimum atomic E-state index is 0.368. The summed E-state index contributed by atoms with van der Waals surface area (Å²) in [6.07, 6.45) is 0.510. The summed E-state index contributed by atoms with van der Waals surface area (Å²) in [4.78, 5) is 8.35. The number of hydrogen-bond donors (Lipinski definition) is 0. The van der Waals surface area contributed by atoms with Crippen molar-refractivity contribution in [3.8, 4) is 0 Å². The van der Waals surface area contributed by atoms with E-state index < -0.39 is 0 Å². The first-order valence-electron chi connectivity index (χ1n) is 4.68. The minimum absolute atomic E-state index is 0.368. The van der Waals surface area contributed by atoms with Gasteiger partial charge in [-0.3, -0.25) is 0 Å². The first-order valence-corrected chi connectivity index (χ1v) is 6.90. The predicted molar refractivity (Wildman–Crippen MR) is 79.0 cm³/mol. The van der Waals surface area contributed by atoms with Crippen molar-refractivity contribution >= 4 is 57.4 Å². The molecule has 17 heavy (non-hydrogen) atoms. The van der Waals surface area contributed by atoms with Crippen LogP contribution in [0.3, 0.4) is 0 Å². The molecule has 0 bridgehead atoms. The molecule has 0 fully saturated rings. The lowest BCUT2D eigenvalue weighted by molar-refractivity contribution is 0.962. The number of rotatable bonds is 2. The fourth-order valence-electron chi connectivity index (χ4n) is 1.33. The van der Waals surface area contributed by atoms with E-state index in [4.69, 9.17) is 34.8 Å². The largest absolute Gasteiger partial charge is 0.220 e. The Hall–Kier alpha value is -0.100. The number of aromatic nitrogens is 2. The zero-order valence-corrected chi connectivity index (χ0v) is 12.8. The highest BCUT2D eigenvalue weighted by Gasteiger charge is 2.10. The Balaban J connectivity index is 2.34. The van der Waals surface area contributed by atoms with E-state index in [0.29, 0.717) is 31.1 Å². The highest BCUT2D eigenvalue weighted by atomic mass is 127. The van der Waals surface area contributed by atoms with Crippen molar-refractivity contribution in [3.63, 3.8) is 0 Å². The Morgan fingerprint density at radius 2 is 1.59 bits per heavy atom. The summed E-state index contributed by atoms with van der Waals surface area (Å²) in [7, 11) is 0. The van der Waals surface area contributed by atoms with Gasteiger partial charge in [-0.05, 0) is 34.2 Å². The van der Waals surface area contributed by atoms with Gasteiger partial charge in [0.2, 0.25) is 0 Å². The first kappa shape index (κ1) is 13.3. The van der Waals surface area contributed by atoms with Gasteiger partial charge in [0.15, 0.2) is 0 Å². The van der Waals surface area contributed by atoms with Crippen LogP contribution in [0.15, 0.2) is 24.3 Å². The monoisotopic (exact) mass is 398 g/mol. The van der Waals surface area contributed by atoms with Crippen molar-refractivity contribution in [2.45, 2.75) is 6.42 Å². The van der Waals surface area contributed by atoms with Crippen LogP contribution >= 0.6 is 57.4 Å². The van der Waals surface area contributed by atoms with Gasteiger partial charge in [0.05, 0.1) is 3.57 Å². The third-order valence-electron chi connectivity index (χ3n) is 2.12. The maximum absolute atomic E-state index is 6.06. The highest BCUT2D eigenvalue weighted by molar-refractivity contribution is 14.1. The van der Waals surface area contributed by atoms with Crippen molar-refractivity contribution in [3.05, 3.63) is 54.6 Å². The van der Waals surface area contributed by atoms with E-state index in [1.807, 2.05) is 46.9 Å². The molecular formula is C11H6Cl3IN2. The van der Waals surface area contributed by atoms with Crippen molar-refractivity contribution in [1.82, 2.24) is 9.97 Å². The molecule has 1 aromatic heterocycles. The molecule has 2 rings (SSSR count). The Labute approximate surface area is 127 Å². The second kappa shape index (κ2) is 5.69. The molecule has 0 amide bonds. The average Bonchev–Trinajstić information content (AvgIpc) is 2.29. The Morgan fingerprint density at radius 3 is 2.18 bits per heavy atom.